The monoisotopic (exact) mass is 327 g/mol. The Morgan fingerprint density at radius 1 is 1.18 bits per heavy atom. The second-order valence-electron chi connectivity index (χ2n) is 3.39. The second-order valence-corrected chi connectivity index (χ2v) is 5.47. The molecule has 17 heavy (non-hydrogen) atoms. The van der Waals surface area contributed by atoms with Crippen LogP contribution in [-0.4, -0.2) is 29.9 Å². The average Bonchev–Trinajstić information content (AvgIpc) is 2.78. The van der Waals surface area contributed by atoms with Crippen molar-refractivity contribution in [2.45, 2.75) is 0 Å². The van der Waals surface area contributed by atoms with Crippen LogP contribution >= 0.6 is 22.9 Å². The molecule has 3 aromatic rings. The normalized spacial score (nSPS) is 10.9. The van der Waals surface area contributed by atoms with E-state index in [2.05, 4.69) is 25.5 Å². The molecule has 2 aromatic heterocycles. The summed E-state index contributed by atoms with van der Waals surface area (Å²) < 4.78 is 2.73. The van der Waals surface area contributed by atoms with E-state index in [1.807, 2.05) is 40.2 Å². The summed E-state index contributed by atoms with van der Waals surface area (Å²) in [5, 5.41) is 2.69. The topological polar surface area (TPSA) is 30.2 Å². The number of hydrogen-bond donors (Lipinski definition) is 0. The fourth-order valence-corrected chi connectivity index (χ4v) is 2.94. The van der Waals surface area contributed by atoms with Crippen molar-refractivity contribution in [2.24, 2.45) is 0 Å². The third-order valence-electron chi connectivity index (χ3n) is 2.30. The number of benzene rings is 1. The van der Waals surface area contributed by atoms with Gasteiger partial charge in [-0.25, -0.2) is 0 Å². The fourth-order valence-electron chi connectivity index (χ4n) is 1.49. The van der Waals surface area contributed by atoms with Crippen LogP contribution in [0.5, 0.6) is 0 Å². The van der Waals surface area contributed by atoms with Crippen molar-refractivity contribution in [3.63, 3.8) is 0 Å². The van der Waals surface area contributed by atoms with Crippen molar-refractivity contribution in [1.29, 1.82) is 0 Å². The maximum absolute atomic E-state index is 5.86. The van der Waals surface area contributed by atoms with Crippen LogP contribution in [0.2, 0.25) is 5.02 Å². The Balaban J connectivity index is 2.23. The molecule has 0 radical (unpaired) electrons. The Morgan fingerprint density at radius 2 is 1.94 bits per heavy atom. The molecule has 3 nitrogen and oxygen atoms in total. The summed E-state index contributed by atoms with van der Waals surface area (Å²) in [7, 11) is 0. The number of rotatable bonds is 1. The molecular weight excluding hydrogens is 321 g/mol. The summed E-state index contributed by atoms with van der Waals surface area (Å²) in [6, 6.07) is 7.51. The summed E-state index contributed by atoms with van der Waals surface area (Å²) in [6.45, 7) is 0. The number of nitrogens with zero attached hydrogens (tertiary/aromatic N) is 3. The number of thiazole rings is 1. The first-order valence-electron chi connectivity index (χ1n) is 4.84. The van der Waals surface area contributed by atoms with Gasteiger partial charge in [0.15, 0.2) is 0 Å². The van der Waals surface area contributed by atoms with Crippen molar-refractivity contribution in [2.75, 3.05) is 0 Å². The Morgan fingerprint density at radius 3 is 2.71 bits per heavy atom. The molecule has 0 fully saturated rings. The molecule has 6 heteroatoms. The first-order chi connectivity index (χ1) is 8.24. The summed E-state index contributed by atoms with van der Waals surface area (Å²) in [4.78, 5) is 9.85. The van der Waals surface area contributed by atoms with Crippen LogP contribution in [0.15, 0.2) is 35.8 Å². The van der Waals surface area contributed by atoms with Gasteiger partial charge in [-0.1, -0.05) is 0 Å². The van der Waals surface area contributed by atoms with E-state index in [1.165, 1.54) is 0 Å². The molecule has 0 aliphatic carbocycles. The van der Waals surface area contributed by atoms with Crippen LogP contribution < -0.4 is 0 Å². The quantitative estimate of drug-likeness (QED) is 0.644. The van der Waals surface area contributed by atoms with E-state index in [-0.39, 0.29) is 0 Å². The standard InChI is InChI=1S/C11H6ClN3SSe/c12-8-3-1-7(2-4-8)9-13-10-15(5-6-16-10)11(17)14-9/h1-6H. The number of fused-ring (bicyclic) bond motifs is 1. The first kappa shape index (κ1) is 11.1. The zero-order valence-corrected chi connectivity index (χ0v) is 11.8. The van der Waals surface area contributed by atoms with E-state index >= 15 is 0 Å². The SMILES string of the molecule is Clc1ccc(-c2nc(=[Se])n3ccsc3n2)cc1. The van der Waals surface area contributed by atoms with E-state index in [0.717, 1.165) is 14.8 Å². The zero-order chi connectivity index (χ0) is 11.8. The Labute approximate surface area is 114 Å². The van der Waals surface area contributed by atoms with Crippen LogP contribution in [0.4, 0.5) is 0 Å². The van der Waals surface area contributed by atoms with Gasteiger partial charge in [-0.05, 0) is 0 Å². The average molecular weight is 327 g/mol. The van der Waals surface area contributed by atoms with Crippen LogP contribution in [0.25, 0.3) is 16.3 Å². The van der Waals surface area contributed by atoms with Crippen molar-refractivity contribution in [1.82, 2.24) is 14.4 Å². The Hall–Kier alpha value is -1.00. The Bertz CT molecular complexity index is 732. The van der Waals surface area contributed by atoms with Gasteiger partial charge in [-0.3, -0.25) is 0 Å². The molecule has 0 aliphatic rings. The fraction of sp³-hybridized carbons (Fsp3) is 0. The van der Waals surface area contributed by atoms with Gasteiger partial charge < -0.3 is 0 Å². The minimum absolute atomic E-state index is 0.706. The molecule has 0 saturated heterocycles. The molecule has 1 aromatic carbocycles. The Kier molecular flexibility index (Phi) is 2.84. The molecule has 0 atom stereocenters. The van der Waals surface area contributed by atoms with Crippen molar-refractivity contribution in [3.8, 4) is 11.4 Å². The molecule has 0 bridgehead atoms. The molecule has 0 saturated carbocycles. The zero-order valence-electron chi connectivity index (χ0n) is 8.50. The molecule has 2 heterocycles. The third-order valence-corrected chi connectivity index (χ3v) is 3.91. The summed E-state index contributed by atoms with van der Waals surface area (Å²) >= 11 is 10.4. The predicted molar refractivity (Wildman–Crippen MR) is 70.3 cm³/mol. The third kappa shape index (κ3) is 2.07. The van der Waals surface area contributed by atoms with Gasteiger partial charge >= 0.3 is 114 Å². The molecular formula is C11H6ClN3SSe. The first-order valence-corrected chi connectivity index (χ1v) is 6.95. The van der Waals surface area contributed by atoms with E-state index < -0.39 is 0 Å². The van der Waals surface area contributed by atoms with E-state index in [0.29, 0.717) is 10.8 Å². The minimum atomic E-state index is 0.706. The number of aromatic nitrogens is 3. The molecule has 0 aliphatic heterocycles. The van der Waals surface area contributed by atoms with E-state index in [9.17, 15) is 0 Å². The van der Waals surface area contributed by atoms with E-state index in [1.54, 1.807) is 11.3 Å². The van der Waals surface area contributed by atoms with Gasteiger partial charge in [-0.2, -0.15) is 0 Å². The van der Waals surface area contributed by atoms with Gasteiger partial charge in [-0.15, -0.1) is 0 Å². The van der Waals surface area contributed by atoms with E-state index in [4.69, 9.17) is 11.6 Å². The van der Waals surface area contributed by atoms with Gasteiger partial charge in [0.05, 0.1) is 0 Å². The van der Waals surface area contributed by atoms with Gasteiger partial charge in [0.1, 0.15) is 0 Å². The van der Waals surface area contributed by atoms with Gasteiger partial charge in [0, 0.05) is 0 Å². The number of hydrogen-bond acceptors (Lipinski definition) is 3. The number of halogens is 1. The molecule has 0 N–H and O–H groups in total. The van der Waals surface area contributed by atoms with Gasteiger partial charge in [0.25, 0.3) is 0 Å². The van der Waals surface area contributed by atoms with Crippen LogP contribution in [-0.2, 0) is 0 Å². The van der Waals surface area contributed by atoms with Gasteiger partial charge in [0.2, 0.25) is 0 Å². The molecule has 84 valence electrons. The van der Waals surface area contributed by atoms with Crippen LogP contribution in [0, 0.1) is 4.32 Å². The van der Waals surface area contributed by atoms with Crippen molar-refractivity contribution in [3.05, 3.63) is 45.2 Å². The molecule has 0 unspecified atom stereocenters. The summed E-state index contributed by atoms with van der Waals surface area (Å²) in [5.41, 5.74) is 0.960. The maximum atomic E-state index is 5.86. The molecule has 0 amide bonds. The molecule has 0 spiro atoms. The second kappa shape index (κ2) is 4.35. The summed E-state index contributed by atoms with van der Waals surface area (Å²) in [6.07, 6.45) is 1.94. The molecule has 3 rings (SSSR count). The van der Waals surface area contributed by atoms with Crippen LogP contribution in [0.1, 0.15) is 0 Å². The van der Waals surface area contributed by atoms with Crippen molar-refractivity contribution < 1.29 is 0 Å². The summed E-state index contributed by atoms with van der Waals surface area (Å²) in [5.74, 6) is 0.706. The van der Waals surface area contributed by atoms with Crippen LogP contribution in [0.3, 0.4) is 0 Å². The van der Waals surface area contributed by atoms with Crippen molar-refractivity contribution >= 4 is 43.5 Å². The predicted octanol–water partition coefficient (Wildman–Crippen LogP) is 2.81.